The molecule has 1 aromatic carbocycles. The lowest BCUT2D eigenvalue weighted by Crippen LogP contribution is -2.39. The van der Waals surface area contributed by atoms with Crippen molar-refractivity contribution in [1.29, 1.82) is 0 Å². The second-order valence-corrected chi connectivity index (χ2v) is 5.40. The normalized spacial score (nSPS) is 25.3. The van der Waals surface area contributed by atoms with Crippen molar-refractivity contribution in [2.75, 3.05) is 13.7 Å². The Hall–Kier alpha value is -1.19. The fraction of sp³-hybridized carbons (Fsp3) is 0.562. The van der Waals surface area contributed by atoms with Gasteiger partial charge < -0.3 is 10.5 Å². The van der Waals surface area contributed by atoms with E-state index in [0.29, 0.717) is 24.7 Å². The lowest BCUT2D eigenvalue weighted by molar-refractivity contribution is -0.125. The minimum atomic E-state index is -0.0704. The summed E-state index contributed by atoms with van der Waals surface area (Å²) in [6.07, 6.45) is 3.25. The van der Waals surface area contributed by atoms with Crippen molar-refractivity contribution in [3.05, 3.63) is 35.9 Å². The van der Waals surface area contributed by atoms with Crippen LogP contribution in [0.2, 0.25) is 0 Å². The van der Waals surface area contributed by atoms with Gasteiger partial charge in [0.05, 0.1) is 0 Å². The first-order valence-corrected chi connectivity index (χ1v) is 7.04. The molecule has 1 fully saturated rings. The third-order valence-electron chi connectivity index (χ3n) is 4.13. The molecule has 0 bridgehead atoms. The summed E-state index contributed by atoms with van der Waals surface area (Å²) in [6.45, 7) is 0.626. The Bertz CT molecular complexity index is 404. The van der Waals surface area contributed by atoms with Crippen molar-refractivity contribution in [3.63, 3.8) is 0 Å². The predicted octanol–water partition coefficient (Wildman–Crippen LogP) is 2.50. The molecule has 0 amide bonds. The smallest absolute Gasteiger partial charge is 0.137 e. The molecule has 2 rings (SSSR count). The lowest BCUT2D eigenvalue weighted by Gasteiger charge is -2.32. The summed E-state index contributed by atoms with van der Waals surface area (Å²) in [6, 6.07) is 10.4. The van der Waals surface area contributed by atoms with Crippen LogP contribution in [0.25, 0.3) is 0 Å². The molecule has 0 aliphatic heterocycles. The summed E-state index contributed by atoms with van der Waals surface area (Å²) in [7, 11) is 1.67. The SMILES string of the molecule is COCCC(N)C1CC(c2ccccc2)CCC1=O. The average molecular weight is 261 g/mol. The monoisotopic (exact) mass is 261 g/mol. The molecule has 0 radical (unpaired) electrons. The maximum Gasteiger partial charge on any atom is 0.137 e. The molecular weight excluding hydrogens is 238 g/mol. The highest BCUT2D eigenvalue weighted by atomic mass is 16.5. The molecule has 1 aliphatic rings. The number of ketones is 1. The second-order valence-electron chi connectivity index (χ2n) is 5.40. The first-order valence-electron chi connectivity index (χ1n) is 7.04. The number of rotatable bonds is 5. The Kier molecular flexibility index (Phi) is 5.11. The van der Waals surface area contributed by atoms with Gasteiger partial charge in [-0.25, -0.2) is 0 Å². The summed E-state index contributed by atoms with van der Waals surface area (Å²) < 4.78 is 5.06. The molecule has 0 aromatic heterocycles. The van der Waals surface area contributed by atoms with Gasteiger partial charge in [-0.2, -0.15) is 0 Å². The van der Waals surface area contributed by atoms with E-state index in [2.05, 4.69) is 24.3 Å². The standard InChI is InChI=1S/C16H23NO2/c1-19-10-9-15(17)14-11-13(7-8-16(14)18)12-5-3-2-4-6-12/h2-6,13-15H,7-11,17H2,1H3. The first kappa shape index (κ1) is 14.2. The number of benzene rings is 1. The van der Waals surface area contributed by atoms with Crippen molar-refractivity contribution in [3.8, 4) is 0 Å². The number of ether oxygens (including phenoxy) is 1. The predicted molar refractivity (Wildman–Crippen MR) is 76.0 cm³/mol. The van der Waals surface area contributed by atoms with Gasteiger partial charge in [0.2, 0.25) is 0 Å². The number of hydrogen-bond acceptors (Lipinski definition) is 3. The van der Waals surface area contributed by atoms with E-state index in [1.807, 2.05) is 6.07 Å². The average Bonchev–Trinajstić information content (AvgIpc) is 2.46. The van der Waals surface area contributed by atoms with Crippen molar-refractivity contribution in [2.24, 2.45) is 11.7 Å². The van der Waals surface area contributed by atoms with Crippen LogP contribution in [-0.2, 0) is 9.53 Å². The van der Waals surface area contributed by atoms with E-state index in [0.717, 1.165) is 19.3 Å². The molecule has 3 heteroatoms. The van der Waals surface area contributed by atoms with Gasteiger partial charge in [0, 0.05) is 32.1 Å². The lowest BCUT2D eigenvalue weighted by atomic mass is 9.74. The zero-order valence-corrected chi connectivity index (χ0v) is 11.5. The molecule has 0 heterocycles. The zero-order valence-electron chi connectivity index (χ0n) is 11.5. The highest BCUT2D eigenvalue weighted by Crippen LogP contribution is 2.35. The Balaban J connectivity index is 2.01. The Morgan fingerprint density at radius 3 is 2.79 bits per heavy atom. The number of carbonyl (C=O) groups excluding carboxylic acids is 1. The van der Waals surface area contributed by atoms with Crippen molar-refractivity contribution < 1.29 is 9.53 Å². The van der Waals surface area contributed by atoms with E-state index in [4.69, 9.17) is 10.5 Å². The summed E-state index contributed by atoms with van der Waals surface area (Å²) in [5, 5.41) is 0. The van der Waals surface area contributed by atoms with Gasteiger partial charge in [0.25, 0.3) is 0 Å². The number of nitrogens with two attached hydrogens (primary N) is 1. The molecule has 3 unspecified atom stereocenters. The number of methoxy groups -OCH3 is 1. The summed E-state index contributed by atoms with van der Waals surface area (Å²) >= 11 is 0. The molecule has 2 N–H and O–H groups in total. The van der Waals surface area contributed by atoms with Crippen molar-refractivity contribution in [1.82, 2.24) is 0 Å². The van der Waals surface area contributed by atoms with Crippen LogP contribution in [0.4, 0.5) is 0 Å². The Labute approximate surface area is 115 Å². The van der Waals surface area contributed by atoms with Crippen molar-refractivity contribution >= 4 is 5.78 Å². The third-order valence-corrected chi connectivity index (χ3v) is 4.13. The summed E-state index contributed by atoms with van der Waals surface area (Å²) in [5.41, 5.74) is 7.50. The largest absolute Gasteiger partial charge is 0.385 e. The van der Waals surface area contributed by atoms with E-state index < -0.39 is 0 Å². The molecule has 104 valence electrons. The van der Waals surface area contributed by atoms with Crippen LogP contribution >= 0.6 is 0 Å². The number of hydrogen-bond donors (Lipinski definition) is 1. The van der Waals surface area contributed by atoms with E-state index in [1.54, 1.807) is 7.11 Å². The summed E-state index contributed by atoms with van der Waals surface area (Å²) in [4.78, 5) is 12.1. The van der Waals surface area contributed by atoms with Gasteiger partial charge in [-0.1, -0.05) is 30.3 Å². The molecule has 3 nitrogen and oxygen atoms in total. The van der Waals surface area contributed by atoms with Gasteiger partial charge in [-0.3, -0.25) is 4.79 Å². The molecule has 1 aromatic rings. The van der Waals surface area contributed by atoms with Crippen molar-refractivity contribution in [2.45, 2.75) is 37.6 Å². The quantitative estimate of drug-likeness (QED) is 0.886. The van der Waals surface area contributed by atoms with Crippen LogP contribution in [-0.4, -0.2) is 25.5 Å². The van der Waals surface area contributed by atoms with Gasteiger partial charge in [-0.15, -0.1) is 0 Å². The highest BCUT2D eigenvalue weighted by molar-refractivity contribution is 5.82. The third kappa shape index (κ3) is 3.64. The van der Waals surface area contributed by atoms with Gasteiger partial charge in [0.1, 0.15) is 5.78 Å². The van der Waals surface area contributed by atoms with E-state index in [-0.39, 0.29) is 12.0 Å². The molecule has 1 aliphatic carbocycles. The van der Waals surface area contributed by atoms with Gasteiger partial charge in [-0.05, 0) is 30.7 Å². The van der Waals surface area contributed by atoms with Gasteiger partial charge in [0.15, 0.2) is 0 Å². The molecule has 0 spiro atoms. The van der Waals surface area contributed by atoms with Crippen LogP contribution in [0.5, 0.6) is 0 Å². The molecular formula is C16H23NO2. The summed E-state index contributed by atoms with van der Waals surface area (Å²) in [5.74, 6) is 0.794. The van der Waals surface area contributed by atoms with E-state index in [1.165, 1.54) is 5.56 Å². The fourth-order valence-electron chi connectivity index (χ4n) is 2.95. The second kappa shape index (κ2) is 6.83. The Morgan fingerprint density at radius 1 is 1.37 bits per heavy atom. The number of carbonyl (C=O) groups is 1. The minimum Gasteiger partial charge on any atom is -0.385 e. The van der Waals surface area contributed by atoms with Gasteiger partial charge >= 0.3 is 0 Å². The molecule has 3 atom stereocenters. The first-order chi connectivity index (χ1) is 9.22. The minimum absolute atomic E-state index is 0.00546. The van der Waals surface area contributed by atoms with E-state index in [9.17, 15) is 4.79 Å². The molecule has 0 saturated heterocycles. The van der Waals surface area contributed by atoms with Crippen LogP contribution in [0.3, 0.4) is 0 Å². The maximum atomic E-state index is 12.1. The Morgan fingerprint density at radius 2 is 2.11 bits per heavy atom. The molecule has 1 saturated carbocycles. The number of Topliss-reactive ketones (excluding diaryl/α,β-unsaturated/α-hetero) is 1. The van der Waals surface area contributed by atoms with Crippen LogP contribution in [0.15, 0.2) is 30.3 Å². The van der Waals surface area contributed by atoms with Crippen LogP contribution in [0, 0.1) is 5.92 Å². The zero-order chi connectivity index (χ0) is 13.7. The van der Waals surface area contributed by atoms with Crippen LogP contribution in [0.1, 0.15) is 37.2 Å². The highest BCUT2D eigenvalue weighted by Gasteiger charge is 2.33. The fourth-order valence-corrected chi connectivity index (χ4v) is 2.95. The van der Waals surface area contributed by atoms with Crippen LogP contribution < -0.4 is 5.73 Å². The van der Waals surface area contributed by atoms with E-state index >= 15 is 0 Å². The topological polar surface area (TPSA) is 52.3 Å². The maximum absolute atomic E-state index is 12.1. The molecule has 19 heavy (non-hydrogen) atoms.